The van der Waals surface area contributed by atoms with Crippen molar-refractivity contribution in [2.75, 3.05) is 32.1 Å². The number of benzene rings is 2. The molecular weight excluding hydrogens is 366 g/mol. The van der Waals surface area contributed by atoms with Crippen LogP contribution >= 0.6 is 23.7 Å². The number of amides is 1. The first-order valence-electron chi connectivity index (χ1n) is 8.35. The summed E-state index contributed by atoms with van der Waals surface area (Å²) in [4.78, 5) is 21.8. The monoisotopic (exact) mass is 389 g/mol. The number of hydrogen-bond donors (Lipinski definition) is 0. The molecule has 4 nitrogen and oxygen atoms in total. The molecule has 0 saturated heterocycles. The van der Waals surface area contributed by atoms with Crippen LogP contribution in [0.15, 0.2) is 42.5 Å². The molecule has 0 unspecified atom stereocenters. The summed E-state index contributed by atoms with van der Waals surface area (Å²) in [6, 6.07) is 13.9. The smallest absolute Gasteiger partial charge is 0.260 e. The lowest BCUT2D eigenvalue weighted by Crippen LogP contribution is -2.37. The van der Waals surface area contributed by atoms with Crippen molar-refractivity contribution in [3.05, 3.63) is 59.2 Å². The van der Waals surface area contributed by atoms with Crippen LogP contribution in [0.3, 0.4) is 0 Å². The third-order valence-corrected chi connectivity index (χ3v) is 5.20. The largest absolute Gasteiger partial charge is 0.308 e. The highest BCUT2D eigenvalue weighted by Gasteiger charge is 2.22. The molecule has 0 saturated carbocycles. The first-order valence-corrected chi connectivity index (χ1v) is 9.17. The van der Waals surface area contributed by atoms with Crippen LogP contribution in [-0.2, 0) is 0 Å². The number of halogens is 1. The van der Waals surface area contributed by atoms with Crippen LogP contribution in [0, 0.1) is 13.8 Å². The number of aryl methyl sites for hydroxylation is 2. The second-order valence-electron chi connectivity index (χ2n) is 6.54. The lowest BCUT2D eigenvalue weighted by Gasteiger charge is -2.22. The average molecular weight is 390 g/mol. The molecule has 1 amide bonds. The SMILES string of the molecule is Cc1ccc2nc(N(CCN(C)C)C(=O)c3ccccc3C)sc2c1.Cl. The van der Waals surface area contributed by atoms with Crippen LogP contribution in [0.25, 0.3) is 10.2 Å². The first kappa shape index (κ1) is 20.4. The van der Waals surface area contributed by atoms with Gasteiger partial charge in [-0.3, -0.25) is 9.69 Å². The summed E-state index contributed by atoms with van der Waals surface area (Å²) in [6.07, 6.45) is 0. The number of anilines is 1. The van der Waals surface area contributed by atoms with Gasteiger partial charge in [-0.05, 0) is 57.3 Å². The summed E-state index contributed by atoms with van der Waals surface area (Å²) in [5, 5.41) is 0.760. The van der Waals surface area contributed by atoms with Crippen molar-refractivity contribution >= 4 is 45.0 Å². The third kappa shape index (κ3) is 4.41. The van der Waals surface area contributed by atoms with E-state index in [9.17, 15) is 4.79 Å². The molecule has 0 fully saturated rings. The Labute approximate surface area is 164 Å². The van der Waals surface area contributed by atoms with Gasteiger partial charge in [0, 0.05) is 18.7 Å². The molecule has 6 heteroatoms. The second kappa shape index (κ2) is 8.62. The zero-order valence-electron chi connectivity index (χ0n) is 15.5. The first-order chi connectivity index (χ1) is 12.0. The second-order valence-corrected chi connectivity index (χ2v) is 7.55. The molecule has 3 rings (SSSR count). The summed E-state index contributed by atoms with van der Waals surface area (Å²) in [7, 11) is 4.02. The van der Waals surface area contributed by atoms with Gasteiger partial charge >= 0.3 is 0 Å². The number of carbonyl (C=O) groups is 1. The number of fused-ring (bicyclic) bond motifs is 1. The third-order valence-electron chi connectivity index (χ3n) is 4.16. The maximum atomic E-state index is 13.2. The van der Waals surface area contributed by atoms with Crippen LogP contribution in [0.2, 0.25) is 0 Å². The summed E-state index contributed by atoms with van der Waals surface area (Å²) in [5.41, 5.74) is 3.86. The fourth-order valence-electron chi connectivity index (χ4n) is 2.68. The van der Waals surface area contributed by atoms with Gasteiger partial charge < -0.3 is 4.90 Å². The van der Waals surface area contributed by atoms with Crippen molar-refractivity contribution in [2.45, 2.75) is 13.8 Å². The minimum absolute atomic E-state index is 0. The van der Waals surface area contributed by atoms with E-state index in [-0.39, 0.29) is 18.3 Å². The molecule has 0 radical (unpaired) electrons. The molecule has 0 aliphatic heterocycles. The van der Waals surface area contributed by atoms with Gasteiger partial charge in [0.25, 0.3) is 5.91 Å². The van der Waals surface area contributed by atoms with Gasteiger partial charge in [0.15, 0.2) is 5.13 Å². The lowest BCUT2D eigenvalue weighted by atomic mass is 10.1. The van der Waals surface area contributed by atoms with Crippen LogP contribution in [0.4, 0.5) is 5.13 Å². The molecule has 3 aromatic rings. The van der Waals surface area contributed by atoms with E-state index in [0.29, 0.717) is 6.54 Å². The molecule has 1 aromatic heterocycles. The Bertz CT molecular complexity index is 907. The molecule has 0 spiro atoms. The molecule has 0 aliphatic rings. The molecule has 138 valence electrons. The van der Waals surface area contributed by atoms with Crippen molar-refractivity contribution in [3.63, 3.8) is 0 Å². The van der Waals surface area contributed by atoms with Crippen LogP contribution in [0.1, 0.15) is 21.5 Å². The minimum Gasteiger partial charge on any atom is -0.308 e. The van der Waals surface area contributed by atoms with Gasteiger partial charge in [-0.2, -0.15) is 0 Å². The number of thiazole rings is 1. The molecule has 0 N–H and O–H groups in total. The van der Waals surface area contributed by atoms with Crippen LogP contribution in [0.5, 0.6) is 0 Å². The molecule has 0 atom stereocenters. The lowest BCUT2D eigenvalue weighted by molar-refractivity contribution is 0.0984. The van der Waals surface area contributed by atoms with E-state index in [0.717, 1.165) is 33.0 Å². The van der Waals surface area contributed by atoms with Crippen LogP contribution in [-0.4, -0.2) is 43.0 Å². The maximum absolute atomic E-state index is 13.2. The number of rotatable bonds is 5. The number of hydrogen-bond acceptors (Lipinski definition) is 4. The molecule has 2 aromatic carbocycles. The normalized spacial score (nSPS) is 10.8. The van der Waals surface area contributed by atoms with Crippen molar-refractivity contribution in [1.29, 1.82) is 0 Å². The fourth-order valence-corrected chi connectivity index (χ4v) is 3.77. The predicted octanol–water partition coefficient (Wildman–Crippen LogP) is 4.54. The van der Waals surface area contributed by atoms with Gasteiger partial charge in [0.1, 0.15) is 0 Å². The topological polar surface area (TPSA) is 36.4 Å². The van der Waals surface area contributed by atoms with Crippen molar-refractivity contribution < 1.29 is 4.79 Å². The quantitative estimate of drug-likeness (QED) is 0.642. The number of likely N-dealkylation sites (N-methyl/N-ethyl adjacent to an activating group) is 1. The van der Waals surface area contributed by atoms with Gasteiger partial charge in [-0.25, -0.2) is 4.98 Å². The van der Waals surface area contributed by atoms with E-state index >= 15 is 0 Å². The predicted molar refractivity (Wildman–Crippen MR) is 113 cm³/mol. The highest BCUT2D eigenvalue weighted by molar-refractivity contribution is 7.22. The zero-order valence-corrected chi connectivity index (χ0v) is 17.2. The molecule has 1 heterocycles. The summed E-state index contributed by atoms with van der Waals surface area (Å²) >= 11 is 1.58. The standard InChI is InChI=1S/C20H23N3OS.ClH/c1-14-9-10-17-18(13-14)25-20(21-17)23(12-11-22(3)4)19(24)16-8-6-5-7-15(16)2;/h5-10,13H,11-12H2,1-4H3;1H. The average Bonchev–Trinajstić information content (AvgIpc) is 2.97. The van der Waals surface area contributed by atoms with Crippen LogP contribution < -0.4 is 4.90 Å². The number of aromatic nitrogens is 1. The molecule has 26 heavy (non-hydrogen) atoms. The van der Waals surface area contributed by atoms with E-state index in [2.05, 4.69) is 24.0 Å². The zero-order chi connectivity index (χ0) is 18.0. The van der Waals surface area contributed by atoms with Gasteiger partial charge in [-0.15, -0.1) is 12.4 Å². The van der Waals surface area contributed by atoms with E-state index in [4.69, 9.17) is 4.98 Å². The Kier molecular flexibility index (Phi) is 6.75. The van der Waals surface area contributed by atoms with E-state index < -0.39 is 0 Å². The Morgan fingerprint density at radius 1 is 1.08 bits per heavy atom. The van der Waals surface area contributed by atoms with Gasteiger partial charge in [-0.1, -0.05) is 35.6 Å². The highest BCUT2D eigenvalue weighted by Crippen LogP contribution is 2.30. The van der Waals surface area contributed by atoms with Gasteiger partial charge in [0.05, 0.1) is 10.2 Å². The number of nitrogens with zero attached hydrogens (tertiary/aromatic N) is 3. The Balaban J connectivity index is 0.00000243. The number of carbonyl (C=O) groups excluding carboxylic acids is 1. The molecular formula is C20H24ClN3OS. The van der Waals surface area contributed by atoms with E-state index in [1.165, 1.54) is 5.56 Å². The summed E-state index contributed by atoms with van der Waals surface area (Å²) in [5.74, 6) is 0.00993. The van der Waals surface area contributed by atoms with Crippen molar-refractivity contribution in [2.24, 2.45) is 0 Å². The van der Waals surface area contributed by atoms with E-state index in [1.807, 2.05) is 56.3 Å². The highest BCUT2D eigenvalue weighted by atomic mass is 35.5. The Hall–Kier alpha value is -1.95. The van der Waals surface area contributed by atoms with E-state index in [1.54, 1.807) is 11.3 Å². The Morgan fingerprint density at radius 2 is 1.81 bits per heavy atom. The van der Waals surface area contributed by atoms with Crippen molar-refractivity contribution in [3.8, 4) is 0 Å². The van der Waals surface area contributed by atoms with Gasteiger partial charge in [0.2, 0.25) is 0 Å². The molecule has 0 aliphatic carbocycles. The summed E-state index contributed by atoms with van der Waals surface area (Å²) in [6.45, 7) is 5.44. The molecule has 0 bridgehead atoms. The minimum atomic E-state index is 0. The van der Waals surface area contributed by atoms with Crippen molar-refractivity contribution in [1.82, 2.24) is 9.88 Å². The fraction of sp³-hybridized carbons (Fsp3) is 0.300. The maximum Gasteiger partial charge on any atom is 0.260 e. The summed E-state index contributed by atoms with van der Waals surface area (Å²) < 4.78 is 1.11. The Morgan fingerprint density at radius 3 is 2.50 bits per heavy atom.